The third-order valence-electron chi connectivity index (χ3n) is 4.46. The van der Waals surface area contributed by atoms with Crippen molar-refractivity contribution < 1.29 is 28.2 Å². The maximum Gasteiger partial charge on any atom is 0.287 e. The summed E-state index contributed by atoms with van der Waals surface area (Å²) in [6, 6.07) is 16.3. The van der Waals surface area contributed by atoms with Crippen LogP contribution in [0.3, 0.4) is 0 Å². The number of amides is 1. The monoisotopic (exact) mass is 439 g/mol. The molecule has 0 saturated carbocycles. The van der Waals surface area contributed by atoms with E-state index in [2.05, 4.69) is 5.32 Å². The standard InChI is InChI=1S/C25H29NO6/c1-4-28-19-8-10-20(11-9-19)31-17-21-12-14-23(32-21)25(27)26-16-18-7-13-22(29-5-2)24(15-18)30-6-3/h7-15H,4-6,16-17H2,1-3H3,(H,26,27). The van der Waals surface area contributed by atoms with Crippen LogP contribution in [-0.2, 0) is 13.2 Å². The van der Waals surface area contributed by atoms with Crippen LogP contribution in [0.5, 0.6) is 23.0 Å². The Hall–Kier alpha value is -3.61. The Labute approximate surface area is 188 Å². The third kappa shape index (κ3) is 6.44. The summed E-state index contributed by atoms with van der Waals surface area (Å²) < 4.78 is 27.9. The average molecular weight is 440 g/mol. The van der Waals surface area contributed by atoms with Crippen LogP contribution < -0.4 is 24.3 Å². The molecule has 0 saturated heterocycles. The number of rotatable bonds is 12. The molecule has 1 amide bonds. The van der Waals surface area contributed by atoms with E-state index in [1.165, 1.54) is 0 Å². The Morgan fingerprint density at radius 2 is 1.44 bits per heavy atom. The van der Waals surface area contributed by atoms with Gasteiger partial charge in [0.25, 0.3) is 5.91 Å². The van der Waals surface area contributed by atoms with Crippen LogP contribution in [0.1, 0.15) is 42.6 Å². The van der Waals surface area contributed by atoms with Crippen LogP contribution in [0.4, 0.5) is 0 Å². The minimum atomic E-state index is -0.302. The molecule has 0 fully saturated rings. The van der Waals surface area contributed by atoms with Gasteiger partial charge in [0.15, 0.2) is 17.3 Å². The first-order valence-electron chi connectivity index (χ1n) is 10.7. The van der Waals surface area contributed by atoms with E-state index < -0.39 is 0 Å². The van der Waals surface area contributed by atoms with Gasteiger partial charge in [-0.2, -0.15) is 0 Å². The van der Waals surface area contributed by atoms with E-state index in [0.29, 0.717) is 49.4 Å². The lowest BCUT2D eigenvalue weighted by Gasteiger charge is -2.12. The fraction of sp³-hybridized carbons (Fsp3) is 0.320. The Morgan fingerprint density at radius 3 is 2.12 bits per heavy atom. The van der Waals surface area contributed by atoms with E-state index in [9.17, 15) is 4.79 Å². The highest BCUT2D eigenvalue weighted by Gasteiger charge is 2.13. The number of nitrogens with one attached hydrogen (secondary N) is 1. The SMILES string of the molecule is CCOc1ccc(OCc2ccc(C(=O)NCc3ccc(OCC)c(OCC)c3)o2)cc1. The summed E-state index contributed by atoms with van der Waals surface area (Å²) in [4.78, 5) is 12.5. The molecule has 0 atom stereocenters. The molecule has 3 rings (SSSR count). The van der Waals surface area contributed by atoms with Gasteiger partial charge < -0.3 is 28.7 Å². The van der Waals surface area contributed by atoms with Gasteiger partial charge in [0, 0.05) is 6.54 Å². The maximum absolute atomic E-state index is 12.5. The number of ether oxygens (including phenoxy) is 4. The van der Waals surface area contributed by atoms with Gasteiger partial charge in [-0.1, -0.05) is 6.07 Å². The molecule has 7 heteroatoms. The van der Waals surface area contributed by atoms with E-state index in [0.717, 1.165) is 11.3 Å². The molecule has 1 N–H and O–H groups in total. The van der Waals surface area contributed by atoms with Gasteiger partial charge >= 0.3 is 0 Å². The van der Waals surface area contributed by atoms with Crippen molar-refractivity contribution in [1.82, 2.24) is 5.32 Å². The molecule has 0 aliphatic heterocycles. The van der Waals surface area contributed by atoms with Crippen molar-refractivity contribution in [2.24, 2.45) is 0 Å². The number of furan rings is 1. The van der Waals surface area contributed by atoms with Crippen LogP contribution in [0.2, 0.25) is 0 Å². The number of hydrogen-bond donors (Lipinski definition) is 1. The molecule has 0 unspecified atom stereocenters. The summed E-state index contributed by atoms with van der Waals surface area (Å²) in [5.41, 5.74) is 0.899. The van der Waals surface area contributed by atoms with Crippen LogP contribution >= 0.6 is 0 Å². The van der Waals surface area contributed by atoms with Gasteiger partial charge in [-0.05, 0) is 74.9 Å². The molecular weight excluding hydrogens is 410 g/mol. The molecule has 0 spiro atoms. The topological polar surface area (TPSA) is 79.2 Å². The first kappa shape index (κ1) is 23.1. The van der Waals surface area contributed by atoms with E-state index in [1.807, 2.05) is 63.2 Å². The zero-order valence-corrected chi connectivity index (χ0v) is 18.7. The lowest BCUT2D eigenvalue weighted by Crippen LogP contribution is -2.22. The Balaban J connectivity index is 1.52. The van der Waals surface area contributed by atoms with Crippen LogP contribution in [0.15, 0.2) is 59.0 Å². The molecule has 3 aromatic rings. The summed E-state index contributed by atoms with van der Waals surface area (Å²) in [5.74, 6) is 3.31. The van der Waals surface area contributed by atoms with E-state index in [4.69, 9.17) is 23.4 Å². The predicted molar refractivity (Wildman–Crippen MR) is 121 cm³/mol. The Morgan fingerprint density at radius 1 is 0.781 bits per heavy atom. The third-order valence-corrected chi connectivity index (χ3v) is 4.46. The quantitative estimate of drug-likeness (QED) is 0.429. The molecule has 0 bridgehead atoms. The fourth-order valence-electron chi connectivity index (χ4n) is 3.01. The highest BCUT2D eigenvalue weighted by Crippen LogP contribution is 2.28. The summed E-state index contributed by atoms with van der Waals surface area (Å²) in [5, 5.41) is 2.86. The zero-order chi connectivity index (χ0) is 22.8. The van der Waals surface area contributed by atoms with Crippen molar-refractivity contribution in [2.75, 3.05) is 19.8 Å². The lowest BCUT2D eigenvalue weighted by molar-refractivity contribution is 0.0919. The molecule has 1 heterocycles. The maximum atomic E-state index is 12.5. The number of carbonyl (C=O) groups is 1. The van der Waals surface area contributed by atoms with Crippen LogP contribution in [0.25, 0.3) is 0 Å². The average Bonchev–Trinajstić information content (AvgIpc) is 3.28. The highest BCUT2D eigenvalue weighted by molar-refractivity contribution is 5.91. The van der Waals surface area contributed by atoms with Gasteiger partial charge in [0.1, 0.15) is 23.9 Å². The first-order chi connectivity index (χ1) is 15.6. The molecule has 32 heavy (non-hydrogen) atoms. The molecular formula is C25H29NO6. The summed E-state index contributed by atoms with van der Waals surface area (Å²) >= 11 is 0. The van der Waals surface area contributed by atoms with Crippen molar-refractivity contribution in [3.05, 3.63) is 71.7 Å². The number of carbonyl (C=O) groups excluding carboxylic acids is 1. The largest absolute Gasteiger partial charge is 0.494 e. The van der Waals surface area contributed by atoms with Crippen LogP contribution in [0, 0.1) is 0 Å². The fourth-order valence-corrected chi connectivity index (χ4v) is 3.01. The number of hydrogen-bond acceptors (Lipinski definition) is 6. The van der Waals surface area contributed by atoms with E-state index >= 15 is 0 Å². The van der Waals surface area contributed by atoms with Crippen molar-refractivity contribution >= 4 is 5.91 Å². The second kappa shape index (κ2) is 11.7. The predicted octanol–water partition coefficient (Wildman–Crippen LogP) is 4.98. The first-order valence-corrected chi connectivity index (χ1v) is 10.7. The minimum Gasteiger partial charge on any atom is -0.494 e. The molecule has 0 aliphatic carbocycles. The molecule has 0 radical (unpaired) electrons. The second-order valence-corrected chi connectivity index (χ2v) is 6.79. The zero-order valence-electron chi connectivity index (χ0n) is 18.7. The normalized spacial score (nSPS) is 10.5. The van der Waals surface area contributed by atoms with Gasteiger partial charge in [-0.3, -0.25) is 4.79 Å². The molecule has 170 valence electrons. The molecule has 7 nitrogen and oxygen atoms in total. The second-order valence-electron chi connectivity index (χ2n) is 6.79. The minimum absolute atomic E-state index is 0.220. The lowest BCUT2D eigenvalue weighted by atomic mass is 10.2. The summed E-state index contributed by atoms with van der Waals surface area (Å²) in [7, 11) is 0. The smallest absolute Gasteiger partial charge is 0.287 e. The molecule has 2 aromatic carbocycles. The number of benzene rings is 2. The molecule has 1 aromatic heterocycles. The van der Waals surface area contributed by atoms with Crippen LogP contribution in [-0.4, -0.2) is 25.7 Å². The summed E-state index contributed by atoms with van der Waals surface area (Å²) in [6.07, 6.45) is 0. The van der Waals surface area contributed by atoms with Crippen molar-refractivity contribution in [3.63, 3.8) is 0 Å². The Bertz CT molecular complexity index is 996. The van der Waals surface area contributed by atoms with Crippen molar-refractivity contribution in [3.8, 4) is 23.0 Å². The van der Waals surface area contributed by atoms with Gasteiger partial charge in [0.05, 0.1) is 19.8 Å². The molecule has 0 aliphatic rings. The van der Waals surface area contributed by atoms with Gasteiger partial charge in [-0.25, -0.2) is 0 Å². The van der Waals surface area contributed by atoms with Gasteiger partial charge in [-0.15, -0.1) is 0 Å². The van der Waals surface area contributed by atoms with Crippen molar-refractivity contribution in [1.29, 1.82) is 0 Å². The summed E-state index contributed by atoms with van der Waals surface area (Å²) in [6.45, 7) is 8.03. The van der Waals surface area contributed by atoms with Gasteiger partial charge in [0.2, 0.25) is 0 Å². The highest BCUT2D eigenvalue weighted by atomic mass is 16.5. The Kier molecular flexibility index (Phi) is 8.43. The van der Waals surface area contributed by atoms with E-state index in [-0.39, 0.29) is 18.3 Å². The van der Waals surface area contributed by atoms with E-state index in [1.54, 1.807) is 12.1 Å². The van der Waals surface area contributed by atoms with Crippen molar-refractivity contribution in [2.45, 2.75) is 33.9 Å².